The molecule has 0 fully saturated rings. The molecule has 0 unspecified atom stereocenters. The largest absolute Gasteiger partial charge is 0.439 e. The molecule has 0 N–H and O–H groups in total. The number of aryl methyl sites for hydroxylation is 1. The van der Waals surface area contributed by atoms with E-state index in [4.69, 9.17) is 4.42 Å². The fraction of sp³-hybridized carbons (Fsp3) is 0.143. The Hall–Kier alpha value is -0.280. The Morgan fingerprint density at radius 3 is 3.00 bits per heavy atom. The first kappa shape index (κ1) is 6.43. The van der Waals surface area contributed by atoms with Crippen molar-refractivity contribution in [3.63, 3.8) is 0 Å². The SMILES string of the molecule is Cc1cc2cc(Br)oc2s1. The van der Waals surface area contributed by atoms with E-state index in [0.29, 0.717) is 0 Å². The van der Waals surface area contributed by atoms with Gasteiger partial charge < -0.3 is 4.42 Å². The van der Waals surface area contributed by atoms with Crippen molar-refractivity contribution in [3.8, 4) is 0 Å². The highest BCUT2D eigenvalue weighted by Gasteiger charge is 2.02. The Bertz CT molecular complexity index is 297. The summed E-state index contributed by atoms with van der Waals surface area (Å²) >= 11 is 4.94. The van der Waals surface area contributed by atoms with Crippen molar-refractivity contribution in [2.45, 2.75) is 6.92 Å². The summed E-state index contributed by atoms with van der Waals surface area (Å²) < 4.78 is 6.14. The van der Waals surface area contributed by atoms with E-state index in [2.05, 4.69) is 28.9 Å². The molecule has 0 saturated carbocycles. The molecule has 0 radical (unpaired) electrons. The van der Waals surface area contributed by atoms with Crippen LogP contribution in [0.4, 0.5) is 0 Å². The Morgan fingerprint density at radius 2 is 2.30 bits per heavy atom. The molecule has 0 atom stereocenters. The van der Waals surface area contributed by atoms with Gasteiger partial charge in [-0.15, -0.1) is 11.3 Å². The van der Waals surface area contributed by atoms with Gasteiger partial charge in [-0.05, 0) is 35.0 Å². The third-order valence-electron chi connectivity index (χ3n) is 1.31. The quantitative estimate of drug-likeness (QED) is 0.657. The number of hydrogen-bond donors (Lipinski definition) is 0. The Balaban J connectivity index is 2.83. The molecule has 0 bridgehead atoms. The van der Waals surface area contributed by atoms with Crippen LogP contribution in [0.15, 0.2) is 21.2 Å². The van der Waals surface area contributed by atoms with Crippen LogP contribution in [0.5, 0.6) is 0 Å². The van der Waals surface area contributed by atoms with Crippen molar-refractivity contribution in [1.82, 2.24) is 0 Å². The van der Waals surface area contributed by atoms with E-state index in [9.17, 15) is 0 Å². The van der Waals surface area contributed by atoms with Gasteiger partial charge in [-0.3, -0.25) is 0 Å². The molecule has 0 spiro atoms. The molecule has 0 aliphatic carbocycles. The maximum absolute atomic E-state index is 5.32. The molecule has 2 aromatic rings. The molecular formula is C7H5BrOS. The van der Waals surface area contributed by atoms with Crippen molar-refractivity contribution in [3.05, 3.63) is 21.7 Å². The first-order valence-electron chi connectivity index (χ1n) is 2.91. The summed E-state index contributed by atoms with van der Waals surface area (Å²) in [5.74, 6) is 0. The van der Waals surface area contributed by atoms with Gasteiger partial charge in [0, 0.05) is 10.3 Å². The smallest absolute Gasteiger partial charge is 0.189 e. The van der Waals surface area contributed by atoms with E-state index in [-0.39, 0.29) is 0 Å². The number of fused-ring (bicyclic) bond motifs is 1. The maximum atomic E-state index is 5.32. The van der Waals surface area contributed by atoms with Gasteiger partial charge in [-0.2, -0.15) is 0 Å². The van der Waals surface area contributed by atoms with Gasteiger partial charge in [-0.25, -0.2) is 0 Å². The minimum atomic E-state index is 0.814. The summed E-state index contributed by atoms with van der Waals surface area (Å²) in [7, 11) is 0. The standard InChI is InChI=1S/C7H5BrOS/c1-4-2-5-3-6(8)9-7(5)10-4/h2-3H,1H3. The van der Waals surface area contributed by atoms with Crippen molar-refractivity contribution < 1.29 is 4.42 Å². The van der Waals surface area contributed by atoms with E-state index < -0.39 is 0 Å². The third kappa shape index (κ3) is 0.896. The van der Waals surface area contributed by atoms with Crippen LogP contribution in [-0.4, -0.2) is 0 Å². The molecule has 2 rings (SSSR count). The molecule has 0 saturated heterocycles. The highest BCUT2D eigenvalue weighted by atomic mass is 79.9. The van der Waals surface area contributed by atoms with Gasteiger partial charge in [0.1, 0.15) is 0 Å². The second kappa shape index (κ2) is 2.10. The van der Waals surface area contributed by atoms with E-state index in [1.54, 1.807) is 11.3 Å². The number of halogens is 1. The second-order valence-electron chi connectivity index (χ2n) is 2.15. The Labute approximate surface area is 70.8 Å². The van der Waals surface area contributed by atoms with Gasteiger partial charge in [0.15, 0.2) is 9.57 Å². The molecule has 0 aromatic carbocycles. The van der Waals surface area contributed by atoms with Crippen LogP contribution in [0.1, 0.15) is 4.88 Å². The Morgan fingerprint density at radius 1 is 1.50 bits per heavy atom. The minimum absolute atomic E-state index is 0.814. The zero-order valence-corrected chi connectivity index (χ0v) is 7.75. The van der Waals surface area contributed by atoms with Crippen LogP contribution >= 0.6 is 27.3 Å². The average Bonchev–Trinajstić information content (AvgIpc) is 2.21. The first-order chi connectivity index (χ1) is 4.75. The third-order valence-corrected chi connectivity index (χ3v) is 2.64. The van der Waals surface area contributed by atoms with Gasteiger partial charge in [0.25, 0.3) is 0 Å². The molecule has 2 heterocycles. The first-order valence-corrected chi connectivity index (χ1v) is 4.52. The maximum Gasteiger partial charge on any atom is 0.189 e. The molecular weight excluding hydrogens is 212 g/mol. The molecule has 10 heavy (non-hydrogen) atoms. The second-order valence-corrected chi connectivity index (χ2v) is 4.15. The number of rotatable bonds is 0. The van der Waals surface area contributed by atoms with Crippen LogP contribution in [0.2, 0.25) is 0 Å². The van der Waals surface area contributed by atoms with Crippen molar-refractivity contribution in [2.24, 2.45) is 0 Å². The summed E-state index contributed by atoms with van der Waals surface area (Å²) in [5.41, 5.74) is 0. The van der Waals surface area contributed by atoms with Gasteiger partial charge in [0.05, 0.1) is 0 Å². The zero-order valence-electron chi connectivity index (χ0n) is 5.35. The zero-order chi connectivity index (χ0) is 7.14. The van der Waals surface area contributed by atoms with Gasteiger partial charge >= 0.3 is 0 Å². The fourth-order valence-corrected chi connectivity index (χ4v) is 2.29. The monoisotopic (exact) mass is 216 g/mol. The number of thiophene rings is 1. The van der Waals surface area contributed by atoms with Crippen LogP contribution in [0.3, 0.4) is 0 Å². The summed E-state index contributed by atoms with van der Waals surface area (Å²) in [6, 6.07) is 4.10. The highest BCUT2D eigenvalue weighted by molar-refractivity contribution is 9.10. The average molecular weight is 217 g/mol. The Kier molecular flexibility index (Phi) is 1.35. The summed E-state index contributed by atoms with van der Waals surface area (Å²) in [6.07, 6.45) is 0. The molecule has 0 aliphatic heterocycles. The van der Waals surface area contributed by atoms with Crippen molar-refractivity contribution in [2.75, 3.05) is 0 Å². The predicted molar refractivity (Wildman–Crippen MR) is 46.5 cm³/mol. The van der Waals surface area contributed by atoms with E-state index in [1.807, 2.05) is 6.07 Å². The molecule has 1 nitrogen and oxygen atoms in total. The molecule has 0 amide bonds. The van der Waals surface area contributed by atoms with E-state index in [0.717, 1.165) is 9.57 Å². The molecule has 52 valence electrons. The van der Waals surface area contributed by atoms with Crippen LogP contribution in [0.25, 0.3) is 10.3 Å². The lowest BCUT2D eigenvalue weighted by molar-refractivity contribution is 0.595. The van der Waals surface area contributed by atoms with Crippen LogP contribution < -0.4 is 0 Å². The predicted octanol–water partition coefficient (Wildman–Crippen LogP) is 3.57. The van der Waals surface area contributed by atoms with Crippen molar-refractivity contribution >= 4 is 37.5 Å². The fourth-order valence-electron chi connectivity index (χ4n) is 0.933. The lowest BCUT2D eigenvalue weighted by Crippen LogP contribution is -1.49. The topological polar surface area (TPSA) is 13.1 Å². The van der Waals surface area contributed by atoms with Crippen LogP contribution in [0, 0.1) is 6.92 Å². The molecule has 3 heteroatoms. The summed E-state index contributed by atoms with van der Waals surface area (Å²) in [4.78, 5) is 2.30. The van der Waals surface area contributed by atoms with Gasteiger partial charge in [0.2, 0.25) is 0 Å². The van der Waals surface area contributed by atoms with Gasteiger partial charge in [-0.1, -0.05) is 0 Å². The number of furan rings is 1. The van der Waals surface area contributed by atoms with Crippen LogP contribution in [-0.2, 0) is 0 Å². The summed E-state index contributed by atoms with van der Waals surface area (Å²) in [5, 5.41) is 1.19. The van der Waals surface area contributed by atoms with E-state index >= 15 is 0 Å². The lowest BCUT2D eigenvalue weighted by atomic mass is 10.4. The minimum Gasteiger partial charge on any atom is -0.439 e. The summed E-state index contributed by atoms with van der Waals surface area (Å²) in [6.45, 7) is 2.08. The normalized spacial score (nSPS) is 11.0. The highest BCUT2D eigenvalue weighted by Crippen LogP contribution is 2.30. The molecule has 0 aliphatic rings. The van der Waals surface area contributed by atoms with Crippen molar-refractivity contribution in [1.29, 1.82) is 0 Å². The molecule has 2 aromatic heterocycles. The lowest BCUT2D eigenvalue weighted by Gasteiger charge is -1.75. The van der Waals surface area contributed by atoms with E-state index in [1.165, 1.54) is 10.3 Å². The number of hydrogen-bond acceptors (Lipinski definition) is 2.